The predicted octanol–water partition coefficient (Wildman–Crippen LogP) is 2.00. The summed E-state index contributed by atoms with van der Waals surface area (Å²) in [5.41, 5.74) is -1.07. The standard InChI is InChI=1S/C10H22FNO/c1-9(2,8-13-5)6-12-7-10(3,4)11/h12H,6-8H2,1-5H3. The van der Waals surface area contributed by atoms with Crippen LogP contribution in [0.15, 0.2) is 0 Å². The van der Waals surface area contributed by atoms with Crippen molar-refractivity contribution in [3.63, 3.8) is 0 Å². The number of hydrogen-bond donors (Lipinski definition) is 1. The SMILES string of the molecule is COCC(C)(C)CNCC(C)(C)F. The second kappa shape index (κ2) is 4.91. The van der Waals surface area contributed by atoms with Gasteiger partial charge >= 0.3 is 0 Å². The summed E-state index contributed by atoms with van der Waals surface area (Å²) in [5.74, 6) is 0. The van der Waals surface area contributed by atoms with Crippen LogP contribution in [0, 0.1) is 5.41 Å². The molecule has 80 valence electrons. The van der Waals surface area contributed by atoms with E-state index < -0.39 is 5.67 Å². The molecule has 0 aromatic carbocycles. The number of nitrogens with one attached hydrogen (secondary N) is 1. The van der Waals surface area contributed by atoms with E-state index in [1.165, 1.54) is 0 Å². The zero-order valence-corrected chi connectivity index (χ0v) is 9.41. The number of ether oxygens (including phenoxy) is 1. The minimum Gasteiger partial charge on any atom is -0.384 e. The molecule has 0 aliphatic rings. The largest absolute Gasteiger partial charge is 0.384 e. The van der Waals surface area contributed by atoms with E-state index in [4.69, 9.17) is 4.74 Å². The van der Waals surface area contributed by atoms with E-state index in [2.05, 4.69) is 19.2 Å². The third kappa shape index (κ3) is 8.19. The third-order valence-corrected chi connectivity index (χ3v) is 1.68. The number of halogens is 1. The highest BCUT2D eigenvalue weighted by atomic mass is 19.1. The van der Waals surface area contributed by atoms with Crippen molar-refractivity contribution >= 4 is 0 Å². The Bertz CT molecular complexity index is 140. The molecule has 0 aromatic heterocycles. The molecule has 0 fully saturated rings. The van der Waals surface area contributed by atoms with Crippen molar-refractivity contribution in [2.45, 2.75) is 33.4 Å². The maximum Gasteiger partial charge on any atom is 0.117 e. The molecule has 0 aliphatic carbocycles. The Kier molecular flexibility index (Phi) is 4.86. The van der Waals surface area contributed by atoms with Gasteiger partial charge in [0.15, 0.2) is 0 Å². The molecule has 0 bridgehead atoms. The van der Waals surface area contributed by atoms with Crippen LogP contribution in [-0.4, -0.2) is 32.5 Å². The van der Waals surface area contributed by atoms with Crippen molar-refractivity contribution < 1.29 is 9.13 Å². The first-order valence-corrected chi connectivity index (χ1v) is 4.65. The van der Waals surface area contributed by atoms with Crippen molar-refractivity contribution in [2.24, 2.45) is 5.41 Å². The monoisotopic (exact) mass is 191 g/mol. The van der Waals surface area contributed by atoms with Crippen LogP contribution in [0.3, 0.4) is 0 Å². The Balaban J connectivity index is 3.63. The molecule has 0 saturated carbocycles. The first kappa shape index (κ1) is 12.8. The van der Waals surface area contributed by atoms with Gasteiger partial charge in [0.05, 0.1) is 6.61 Å². The van der Waals surface area contributed by atoms with Crippen LogP contribution >= 0.6 is 0 Å². The first-order chi connectivity index (χ1) is 5.77. The van der Waals surface area contributed by atoms with Crippen LogP contribution in [0.25, 0.3) is 0 Å². The Labute approximate surface area is 80.9 Å². The van der Waals surface area contributed by atoms with Gasteiger partial charge in [-0.3, -0.25) is 0 Å². The van der Waals surface area contributed by atoms with Crippen LogP contribution in [0.5, 0.6) is 0 Å². The molecule has 2 nitrogen and oxygen atoms in total. The fraction of sp³-hybridized carbons (Fsp3) is 1.00. The second-order valence-electron chi connectivity index (χ2n) is 4.92. The molecule has 1 N–H and O–H groups in total. The van der Waals surface area contributed by atoms with Crippen molar-refractivity contribution in [1.82, 2.24) is 5.32 Å². The Morgan fingerprint density at radius 1 is 1.15 bits per heavy atom. The third-order valence-electron chi connectivity index (χ3n) is 1.68. The summed E-state index contributed by atoms with van der Waals surface area (Å²) in [6, 6.07) is 0. The maximum atomic E-state index is 13.1. The summed E-state index contributed by atoms with van der Waals surface area (Å²) in [6.45, 7) is 9.18. The first-order valence-electron chi connectivity index (χ1n) is 4.65. The fourth-order valence-corrected chi connectivity index (χ4v) is 1.14. The molecule has 0 amide bonds. The van der Waals surface area contributed by atoms with Gasteiger partial charge in [0.2, 0.25) is 0 Å². The van der Waals surface area contributed by atoms with Gasteiger partial charge in [-0.25, -0.2) is 4.39 Å². The normalized spacial score (nSPS) is 13.4. The van der Waals surface area contributed by atoms with Gasteiger partial charge in [-0.15, -0.1) is 0 Å². The van der Waals surface area contributed by atoms with Crippen LogP contribution in [0.4, 0.5) is 4.39 Å². The van der Waals surface area contributed by atoms with Crippen molar-refractivity contribution in [2.75, 3.05) is 26.8 Å². The van der Waals surface area contributed by atoms with Gasteiger partial charge in [0, 0.05) is 25.6 Å². The van der Waals surface area contributed by atoms with E-state index in [1.807, 2.05) is 0 Å². The zero-order valence-electron chi connectivity index (χ0n) is 9.41. The molecule has 13 heavy (non-hydrogen) atoms. The molecule has 0 unspecified atom stereocenters. The lowest BCUT2D eigenvalue weighted by molar-refractivity contribution is 0.0990. The van der Waals surface area contributed by atoms with Gasteiger partial charge in [-0.2, -0.15) is 0 Å². The number of methoxy groups -OCH3 is 1. The summed E-state index contributed by atoms with van der Waals surface area (Å²) >= 11 is 0. The van der Waals surface area contributed by atoms with E-state index >= 15 is 0 Å². The van der Waals surface area contributed by atoms with Crippen LogP contribution < -0.4 is 5.32 Å². The summed E-state index contributed by atoms with van der Waals surface area (Å²) < 4.78 is 18.1. The predicted molar refractivity (Wildman–Crippen MR) is 53.7 cm³/mol. The second-order valence-corrected chi connectivity index (χ2v) is 4.92. The summed E-state index contributed by atoms with van der Waals surface area (Å²) in [7, 11) is 1.68. The lowest BCUT2D eigenvalue weighted by Gasteiger charge is -2.25. The lowest BCUT2D eigenvalue weighted by Crippen LogP contribution is -2.38. The minimum absolute atomic E-state index is 0.0694. The van der Waals surface area contributed by atoms with Crippen molar-refractivity contribution in [1.29, 1.82) is 0 Å². The van der Waals surface area contributed by atoms with E-state index in [9.17, 15) is 4.39 Å². The van der Waals surface area contributed by atoms with Gasteiger partial charge < -0.3 is 10.1 Å². The summed E-state index contributed by atoms with van der Waals surface area (Å²) in [5, 5.41) is 3.10. The highest BCUT2D eigenvalue weighted by Gasteiger charge is 2.20. The highest BCUT2D eigenvalue weighted by molar-refractivity contribution is 4.75. The quantitative estimate of drug-likeness (QED) is 0.693. The molecule has 0 aromatic rings. The van der Waals surface area contributed by atoms with Gasteiger partial charge in [-0.05, 0) is 13.8 Å². The number of alkyl halides is 1. The summed E-state index contributed by atoms with van der Waals surface area (Å²) in [4.78, 5) is 0. The van der Waals surface area contributed by atoms with Crippen molar-refractivity contribution in [3.8, 4) is 0 Å². The molecule has 0 saturated heterocycles. The van der Waals surface area contributed by atoms with Crippen LogP contribution in [0.1, 0.15) is 27.7 Å². The number of rotatable bonds is 6. The average Bonchev–Trinajstić information content (AvgIpc) is 1.82. The molecular weight excluding hydrogens is 169 g/mol. The van der Waals surface area contributed by atoms with Gasteiger partial charge in [0.25, 0.3) is 0 Å². The lowest BCUT2D eigenvalue weighted by atomic mass is 9.94. The van der Waals surface area contributed by atoms with E-state index in [-0.39, 0.29) is 5.41 Å². The molecule has 0 spiro atoms. The average molecular weight is 191 g/mol. The Hall–Kier alpha value is -0.150. The van der Waals surface area contributed by atoms with Crippen LogP contribution in [-0.2, 0) is 4.74 Å². The molecule has 0 atom stereocenters. The highest BCUT2D eigenvalue weighted by Crippen LogP contribution is 2.14. The molecule has 3 heteroatoms. The maximum absolute atomic E-state index is 13.1. The van der Waals surface area contributed by atoms with Crippen molar-refractivity contribution in [3.05, 3.63) is 0 Å². The van der Waals surface area contributed by atoms with E-state index in [1.54, 1.807) is 21.0 Å². The van der Waals surface area contributed by atoms with Crippen LogP contribution in [0.2, 0.25) is 0 Å². The molecular formula is C10H22FNO. The Morgan fingerprint density at radius 2 is 1.69 bits per heavy atom. The molecule has 0 heterocycles. The summed E-state index contributed by atoms with van der Waals surface area (Å²) in [6.07, 6.45) is 0. The molecule has 0 aliphatic heterocycles. The smallest absolute Gasteiger partial charge is 0.117 e. The Morgan fingerprint density at radius 3 is 2.08 bits per heavy atom. The molecule has 0 rings (SSSR count). The van der Waals surface area contributed by atoms with E-state index in [0.717, 1.165) is 6.54 Å². The molecule has 0 radical (unpaired) electrons. The van der Waals surface area contributed by atoms with E-state index in [0.29, 0.717) is 13.2 Å². The topological polar surface area (TPSA) is 21.3 Å². The van der Waals surface area contributed by atoms with Gasteiger partial charge in [-0.1, -0.05) is 13.8 Å². The zero-order chi connectivity index (χ0) is 10.5. The van der Waals surface area contributed by atoms with Gasteiger partial charge in [0.1, 0.15) is 5.67 Å². The fourth-order valence-electron chi connectivity index (χ4n) is 1.14. The number of hydrogen-bond acceptors (Lipinski definition) is 2. The minimum atomic E-state index is -1.14.